The summed E-state index contributed by atoms with van der Waals surface area (Å²) in [6.07, 6.45) is 0.385. The van der Waals surface area contributed by atoms with E-state index in [-0.39, 0.29) is 11.8 Å². The maximum absolute atomic E-state index is 10.2. The number of hydrogen-bond acceptors (Lipinski definition) is 9. The summed E-state index contributed by atoms with van der Waals surface area (Å²) >= 11 is 0. The van der Waals surface area contributed by atoms with Gasteiger partial charge in [0.05, 0.1) is 6.10 Å². The summed E-state index contributed by atoms with van der Waals surface area (Å²) in [5, 5.41) is 41.4. The fourth-order valence-corrected chi connectivity index (χ4v) is 1.60. The molecule has 0 saturated carbocycles. The highest BCUT2D eigenvalue weighted by Gasteiger charge is 2.17. The van der Waals surface area contributed by atoms with Crippen LogP contribution in [-0.4, -0.2) is 79.7 Å². The summed E-state index contributed by atoms with van der Waals surface area (Å²) in [5.74, 6) is -3.49. The van der Waals surface area contributed by atoms with Gasteiger partial charge in [-0.15, -0.1) is 0 Å². The van der Waals surface area contributed by atoms with Gasteiger partial charge in [0.2, 0.25) is 0 Å². The summed E-state index contributed by atoms with van der Waals surface area (Å²) in [4.78, 5) is 40.2. The van der Waals surface area contributed by atoms with Gasteiger partial charge in [-0.1, -0.05) is 48.0 Å². The molecular weight excluding hydrogens is 452 g/mol. The molecule has 0 fully saturated rings. The van der Waals surface area contributed by atoms with Gasteiger partial charge in [0.25, 0.3) is 0 Å². The van der Waals surface area contributed by atoms with E-state index in [4.69, 9.17) is 48.5 Å². The highest BCUT2D eigenvalue weighted by Crippen LogP contribution is 2.04. The van der Waals surface area contributed by atoms with E-state index in [1.54, 1.807) is 13.8 Å². The van der Waals surface area contributed by atoms with Crippen LogP contribution in [0.3, 0.4) is 0 Å². The van der Waals surface area contributed by atoms with Crippen LogP contribution in [0.25, 0.3) is 0 Å². The Balaban J connectivity index is -0.000000177. The molecule has 13 heteroatoms. The Labute approximate surface area is 201 Å². The Kier molecular flexibility index (Phi) is 24.3. The lowest BCUT2D eigenvalue weighted by molar-refractivity contribution is -0.141. The van der Waals surface area contributed by atoms with Crippen LogP contribution in [0.1, 0.15) is 61.3 Å². The third kappa shape index (κ3) is 24.3. The first-order valence-electron chi connectivity index (χ1n) is 10.9. The second-order valence-corrected chi connectivity index (χ2v) is 8.54. The van der Waals surface area contributed by atoms with E-state index in [1.165, 1.54) is 6.92 Å². The van der Waals surface area contributed by atoms with Crippen molar-refractivity contribution in [2.45, 2.75) is 91.6 Å². The van der Waals surface area contributed by atoms with E-state index in [0.717, 1.165) is 6.42 Å². The zero-order valence-electron chi connectivity index (χ0n) is 21.2. The topological polar surface area (TPSA) is 274 Å². The number of rotatable bonds is 10. The van der Waals surface area contributed by atoms with Crippen molar-refractivity contribution in [2.24, 2.45) is 40.7 Å². The van der Waals surface area contributed by atoms with Gasteiger partial charge >= 0.3 is 23.9 Å². The predicted octanol–water partition coefficient (Wildman–Crippen LogP) is -0.278. The second-order valence-electron chi connectivity index (χ2n) is 8.54. The largest absolute Gasteiger partial charge is 0.480 e. The number of carboxylic acid groups (broad SMARTS) is 4. The van der Waals surface area contributed by atoms with E-state index < -0.39 is 54.1 Å². The number of aliphatic carboxylic acids is 4. The van der Waals surface area contributed by atoms with Crippen molar-refractivity contribution in [3.8, 4) is 0 Å². The maximum atomic E-state index is 10.2. The first-order valence-corrected chi connectivity index (χ1v) is 10.9. The fraction of sp³-hybridized carbons (Fsp3) is 0.810. The minimum Gasteiger partial charge on any atom is -0.480 e. The molecule has 0 aromatic rings. The molecule has 0 aliphatic heterocycles. The van der Waals surface area contributed by atoms with Gasteiger partial charge in [-0.3, -0.25) is 19.2 Å². The minimum absolute atomic E-state index is 0.0208. The first-order chi connectivity index (χ1) is 15.2. The van der Waals surface area contributed by atoms with Crippen molar-refractivity contribution >= 4 is 23.9 Å². The Bertz CT molecular complexity index is 563. The van der Waals surface area contributed by atoms with Crippen LogP contribution in [0.5, 0.6) is 0 Å². The van der Waals surface area contributed by atoms with E-state index >= 15 is 0 Å². The van der Waals surface area contributed by atoms with Crippen molar-refractivity contribution in [3.63, 3.8) is 0 Å². The van der Waals surface area contributed by atoms with Crippen LogP contribution in [0.2, 0.25) is 0 Å². The SMILES string of the molecule is CC(C)C[C@H](N)C(=O)O.CC(C)[C@H](N)C(=O)O.CC[C@H](C)[C@H](N)C(=O)O.C[C@@H](O)[C@H](N)C(=O)O. The Morgan fingerprint density at radius 2 is 1.00 bits per heavy atom. The molecule has 0 aliphatic carbocycles. The maximum Gasteiger partial charge on any atom is 0.323 e. The van der Waals surface area contributed by atoms with Gasteiger partial charge < -0.3 is 48.5 Å². The molecule has 0 radical (unpaired) electrons. The number of aliphatic hydroxyl groups is 1. The van der Waals surface area contributed by atoms with Crippen molar-refractivity contribution in [2.75, 3.05) is 0 Å². The molecule has 13 N–H and O–H groups in total. The molecule has 0 saturated heterocycles. The summed E-state index contributed by atoms with van der Waals surface area (Å²) < 4.78 is 0. The molecule has 0 rings (SSSR count). The fourth-order valence-electron chi connectivity index (χ4n) is 1.60. The van der Waals surface area contributed by atoms with Crippen LogP contribution in [-0.2, 0) is 19.2 Å². The molecule has 0 aliphatic rings. The predicted molar refractivity (Wildman–Crippen MR) is 128 cm³/mol. The number of hydrogen-bond donors (Lipinski definition) is 9. The lowest BCUT2D eigenvalue weighted by Gasteiger charge is -2.11. The van der Waals surface area contributed by atoms with Gasteiger partial charge in [0.1, 0.15) is 24.2 Å². The second kappa shape index (κ2) is 21.2. The molecule has 0 spiro atoms. The lowest BCUT2D eigenvalue weighted by Crippen LogP contribution is -2.39. The van der Waals surface area contributed by atoms with Gasteiger partial charge in [0, 0.05) is 0 Å². The Morgan fingerprint density at radius 1 is 0.647 bits per heavy atom. The Hall–Kier alpha value is -2.32. The molecule has 0 bridgehead atoms. The zero-order chi connectivity index (χ0) is 28.3. The molecule has 0 unspecified atom stereocenters. The number of carboxylic acids is 4. The smallest absolute Gasteiger partial charge is 0.323 e. The van der Waals surface area contributed by atoms with Crippen molar-refractivity contribution in [1.82, 2.24) is 0 Å². The average Bonchev–Trinajstić information content (AvgIpc) is 2.71. The third-order valence-electron chi connectivity index (χ3n) is 4.39. The lowest BCUT2D eigenvalue weighted by atomic mass is 10.0. The number of carbonyl (C=O) groups is 4. The normalized spacial score (nSPS) is 15.5. The van der Waals surface area contributed by atoms with E-state index in [0.29, 0.717) is 12.3 Å². The highest BCUT2D eigenvalue weighted by atomic mass is 16.4. The van der Waals surface area contributed by atoms with Crippen LogP contribution >= 0.6 is 0 Å². The monoisotopic (exact) mass is 498 g/mol. The molecular formula is C21H46N4O9. The van der Waals surface area contributed by atoms with Crippen LogP contribution in [0.4, 0.5) is 0 Å². The summed E-state index contributed by atoms with van der Waals surface area (Å²) in [7, 11) is 0. The molecule has 34 heavy (non-hydrogen) atoms. The quantitative estimate of drug-likeness (QED) is 0.188. The molecule has 6 atom stereocenters. The van der Waals surface area contributed by atoms with Crippen LogP contribution in [0.15, 0.2) is 0 Å². The van der Waals surface area contributed by atoms with Gasteiger partial charge in [-0.25, -0.2) is 0 Å². The number of nitrogens with two attached hydrogens (primary N) is 4. The minimum atomic E-state index is -1.18. The van der Waals surface area contributed by atoms with Crippen molar-refractivity contribution in [3.05, 3.63) is 0 Å². The van der Waals surface area contributed by atoms with Gasteiger partial charge in [-0.05, 0) is 31.1 Å². The molecule has 0 aromatic carbocycles. The van der Waals surface area contributed by atoms with E-state index in [2.05, 4.69) is 0 Å². The van der Waals surface area contributed by atoms with E-state index in [9.17, 15) is 19.2 Å². The van der Waals surface area contributed by atoms with E-state index in [1.807, 2.05) is 27.7 Å². The molecule has 204 valence electrons. The Morgan fingerprint density at radius 3 is 1.06 bits per heavy atom. The van der Waals surface area contributed by atoms with Crippen molar-refractivity contribution < 1.29 is 44.7 Å². The summed E-state index contributed by atoms with van der Waals surface area (Å²) in [5.41, 5.74) is 20.6. The molecule has 0 amide bonds. The first kappa shape index (κ1) is 38.9. The summed E-state index contributed by atoms with van der Waals surface area (Å²) in [6.45, 7) is 12.5. The summed E-state index contributed by atoms with van der Waals surface area (Å²) in [6, 6.07) is -3.26. The third-order valence-corrected chi connectivity index (χ3v) is 4.39. The van der Waals surface area contributed by atoms with Crippen LogP contribution < -0.4 is 22.9 Å². The number of aliphatic hydroxyl groups excluding tert-OH is 1. The van der Waals surface area contributed by atoms with Gasteiger partial charge in [0.15, 0.2) is 0 Å². The molecule has 0 heterocycles. The van der Waals surface area contributed by atoms with Crippen molar-refractivity contribution in [1.29, 1.82) is 0 Å². The standard InChI is InChI=1S/2C6H13NO2.C5H11NO2.C4H9NO3/c1-4(2)3-5(7)6(8)9;1-3-4(2)5(7)6(8)9;1-3(2)4(6)5(7)8;1-2(6)3(5)4(7)8/h2*4-5H,3,7H2,1-2H3,(H,8,9);3-4H,6H2,1-2H3,(H,7,8);2-3,6H,5H2,1H3,(H,7,8)/t5-;4-,5-;4-;2-,3+/m0001/s1. The highest BCUT2D eigenvalue weighted by molar-refractivity contribution is 5.74. The molecule has 0 aromatic heterocycles. The van der Waals surface area contributed by atoms with Crippen LogP contribution in [0, 0.1) is 17.8 Å². The zero-order valence-corrected chi connectivity index (χ0v) is 21.2. The molecule has 13 nitrogen and oxygen atoms in total. The average molecular weight is 499 g/mol. The van der Waals surface area contributed by atoms with Gasteiger partial charge in [-0.2, -0.15) is 0 Å².